The number of aliphatic hydroxyl groups is 1. The van der Waals surface area contributed by atoms with E-state index in [-0.39, 0.29) is 52.6 Å². The summed E-state index contributed by atoms with van der Waals surface area (Å²) in [6.07, 6.45) is -1.01. The summed E-state index contributed by atoms with van der Waals surface area (Å²) < 4.78 is -0.378. The number of aromatic carboxylic acids is 1. The molecule has 2 N–H and O–H groups in total. The number of hydrogen-bond donors (Lipinski definition) is 2. The van der Waals surface area contributed by atoms with Gasteiger partial charge in [0.05, 0.1) is 29.0 Å². The van der Waals surface area contributed by atoms with Gasteiger partial charge in [-0.1, -0.05) is 12.1 Å². The fourth-order valence-corrected chi connectivity index (χ4v) is 4.83. The number of nitrogens with zero attached hydrogens (tertiary/aromatic N) is 2. The molecule has 2 aliphatic heterocycles. The summed E-state index contributed by atoms with van der Waals surface area (Å²) in [6, 6.07) is 7.54. The Labute approximate surface area is 167 Å². The van der Waals surface area contributed by atoms with E-state index in [0.717, 1.165) is 0 Å². The number of carboxylic acid groups (broad SMARTS) is 1. The number of fused-ring (bicyclic) bond motifs is 1. The average molecular weight is 356 g/mol. The molecule has 0 spiro atoms. The molecule has 0 bridgehead atoms. The smallest absolute Gasteiger partial charge is 1.00 e. The maximum atomic E-state index is 12.4. The molecule has 24 heavy (non-hydrogen) atoms. The third kappa shape index (κ3) is 2.87. The molecule has 2 fully saturated rings. The third-order valence-electron chi connectivity index (χ3n) is 4.44. The molecule has 1 amide bonds. The standard InChI is InChI=1S/C16H16N2O4S.Na.H/c1-16(2)10(7-17)18-13(20)11(14(18)23-16)12(19)8-3-5-9(6-4-8)15(21)22;;/h3-6,10-12,14,19H,1-2H3,(H,21,22);;/q;+1;-1/t10-,11+,12?,14+;;/m0../s1. The molecule has 2 aliphatic rings. The zero-order chi connectivity index (χ0) is 16.9. The fourth-order valence-electron chi connectivity index (χ4n) is 3.16. The number of thioether (sulfide) groups is 1. The van der Waals surface area contributed by atoms with Crippen LogP contribution in [0.4, 0.5) is 0 Å². The van der Waals surface area contributed by atoms with Crippen molar-refractivity contribution >= 4 is 23.6 Å². The Hall–Kier alpha value is -1.04. The Balaban J connectivity index is 0.00000156. The van der Waals surface area contributed by atoms with E-state index in [1.54, 1.807) is 4.90 Å². The molecule has 2 saturated heterocycles. The van der Waals surface area contributed by atoms with Crippen LogP contribution in [0, 0.1) is 17.2 Å². The van der Waals surface area contributed by atoms with Crippen molar-refractivity contribution in [3.8, 4) is 6.07 Å². The number of amides is 1. The first-order chi connectivity index (χ1) is 10.8. The van der Waals surface area contributed by atoms with Crippen LogP contribution in [0.25, 0.3) is 0 Å². The maximum Gasteiger partial charge on any atom is 1.00 e. The third-order valence-corrected chi connectivity index (χ3v) is 6.04. The first-order valence-electron chi connectivity index (χ1n) is 7.19. The van der Waals surface area contributed by atoms with Crippen LogP contribution in [-0.2, 0) is 4.79 Å². The van der Waals surface area contributed by atoms with Crippen molar-refractivity contribution in [2.45, 2.75) is 36.1 Å². The van der Waals surface area contributed by atoms with Gasteiger partial charge in [0, 0.05) is 4.75 Å². The molecule has 1 unspecified atom stereocenters. The average Bonchev–Trinajstić information content (AvgIpc) is 2.74. The van der Waals surface area contributed by atoms with Crippen LogP contribution in [0.15, 0.2) is 24.3 Å². The van der Waals surface area contributed by atoms with Crippen LogP contribution in [0.3, 0.4) is 0 Å². The summed E-state index contributed by atoms with van der Waals surface area (Å²) in [7, 11) is 0. The van der Waals surface area contributed by atoms with Gasteiger partial charge < -0.3 is 16.5 Å². The van der Waals surface area contributed by atoms with E-state index >= 15 is 0 Å². The van der Waals surface area contributed by atoms with E-state index in [1.165, 1.54) is 36.0 Å². The zero-order valence-corrected chi connectivity index (χ0v) is 16.4. The van der Waals surface area contributed by atoms with Crippen molar-refractivity contribution < 1.29 is 50.8 Å². The van der Waals surface area contributed by atoms with Gasteiger partial charge >= 0.3 is 35.5 Å². The molecular weight excluding hydrogens is 339 g/mol. The predicted molar refractivity (Wildman–Crippen MR) is 84.7 cm³/mol. The second kappa shape index (κ2) is 6.70. The minimum Gasteiger partial charge on any atom is -1.00 e. The van der Waals surface area contributed by atoms with E-state index in [2.05, 4.69) is 6.07 Å². The number of β-lactam (4-membered cyclic amide) rings is 1. The van der Waals surface area contributed by atoms with Crippen LogP contribution in [0.1, 0.15) is 37.3 Å². The molecule has 8 heteroatoms. The summed E-state index contributed by atoms with van der Waals surface area (Å²) in [5, 5.41) is 28.5. The van der Waals surface area contributed by atoms with E-state index in [1.807, 2.05) is 13.8 Å². The number of aliphatic hydroxyl groups excluding tert-OH is 1. The predicted octanol–water partition coefficient (Wildman–Crippen LogP) is -1.26. The Morgan fingerprint density at radius 2 is 2.00 bits per heavy atom. The first kappa shape index (κ1) is 19.3. The van der Waals surface area contributed by atoms with Crippen LogP contribution >= 0.6 is 11.8 Å². The number of carboxylic acids is 1. The topological polar surface area (TPSA) is 102 Å². The molecule has 0 saturated carbocycles. The number of carbonyl (C=O) groups is 2. The van der Waals surface area contributed by atoms with Gasteiger partial charge in [-0.2, -0.15) is 5.26 Å². The van der Waals surface area contributed by atoms with Crippen molar-refractivity contribution in [2.75, 3.05) is 0 Å². The van der Waals surface area contributed by atoms with Crippen LogP contribution in [0.5, 0.6) is 0 Å². The summed E-state index contributed by atoms with van der Waals surface area (Å²) in [5.74, 6) is -1.87. The van der Waals surface area contributed by atoms with Gasteiger partial charge in [-0.25, -0.2) is 4.79 Å². The SMILES string of the molecule is CC1(C)S[C@@H]2[C@H](C(O)c3ccc(C(=O)O)cc3)C(=O)N2[C@H]1C#N.[H-].[Na+]. The quantitative estimate of drug-likeness (QED) is 0.518. The summed E-state index contributed by atoms with van der Waals surface area (Å²) >= 11 is 1.52. The number of benzene rings is 1. The van der Waals surface area contributed by atoms with Crippen molar-refractivity contribution in [3.05, 3.63) is 35.4 Å². The molecule has 6 nitrogen and oxygen atoms in total. The molecule has 4 atom stereocenters. The molecule has 122 valence electrons. The van der Waals surface area contributed by atoms with Gasteiger partial charge in [0.15, 0.2) is 0 Å². The van der Waals surface area contributed by atoms with Gasteiger partial charge in [0.25, 0.3) is 0 Å². The second-order valence-electron chi connectivity index (χ2n) is 6.29. The Kier molecular flexibility index (Phi) is 5.38. The van der Waals surface area contributed by atoms with Gasteiger partial charge in [0.1, 0.15) is 6.04 Å². The number of carbonyl (C=O) groups excluding carboxylic acids is 1. The molecule has 0 radical (unpaired) electrons. The second-order valence-corrected chi connectivity index (χ2v) is 8.06. The van der Waals surface area contributed by atoms with Gasteiger partial charge in [-0.15, -0.1) is 11.8 Å². The normalized spacial score (nSPS) is 28.2. The van der Waals surface area contributed by atoms with Crippen LogP contribution in [-0.4, -0.2) is 43.2 Å². The van der Waals surface area contributed by atoms with E-state index in [4.69, 9.17) is 5.11 Å². The fraction of sp³-hybridized carbons (Fsp3) is 0.438. The first-order valence-corrected chi connectivity index (χ1v) is 8.07. The van der Waals surface area contributed by atoms with Crippen molar-refractivity contribution in [3.63, 3.8) is 0 Å². The summed E-state index contributed by atoms with van der Waals surface area (Å²) in [6.45, 7) is 3.84. The molecule has 3 rings (SSSR count). The summed E-state index contributed by atoms with van der Waals surface area (Å²) in [4.78, 5) is 24.8. The number of nitriles is 1. The minimum atomic E-state index is -1.04. The van der Waals surface area contributed by atoms with Gasteiger partial charge in [-0.05, 0) is 31.5 Å². The van der Waals surface area contributed by atoms with Gasteiger partial charge in [0.2, 0.25) is 5.91 Å². The number of hydrogen-bond acceptors (Lipinski definition) is 5. The van der Waals surface area contributed by atoms with Crippen molar-refractivity contribution in [1.82, 2.24) is 4.90 Å². The number of rotatable bonds is 3. The monoisotopic (exact) mass is 356 g/mol. The summed E-state index contributed by atoms with van der Waals surface area (Å²) in [5.41, 5.74) is 0.634. The minimum absolute atomic E-state index is 0. The molecule has 1 aromatic carbocycles. The van der Waals surface area contributed by atoms with Gasteiger partial charge in [-0.3, -0.25) is 4.79 Å². The molecular formula is C16H17N2NaO4S. The Bertz CT molecular complexity index is 722. The van der Waals surface area contributed by atoms with E-state index < -0.39 is 24.0 Å². The molecule has 1 aromatic rings. The van der Waals surface area contributed by atoms with Crippen LogP contribution in [0.2, 0.25) is 0 Å². The Morgan fingerprint density at radius 1 is 1.42 bits per heavy atom. The maximum absolute atomic E-state index is 12.4. The Morgan fingerprint density at radius 3 is 2.50 bits per heavy atom. The zero-order valence-electron chi connectivity index (χ0n) is 14.6. The molecule has 0 aliphatic carbocycles. The largest absolute Gasteiger partial charge is 1.00 e. The van der Waals surface area contributed by atoms with E-state index in [0.29, 0.717) is 5.56 Å². The molecule has 2 heterocycles. The van der Waals surface area contributed by atoms with Crippen molar-refractivity contribution in [2.24, 2.45) is 5.92 Å². The van der Waals surface area contributed by atoms with E-state index in [9.17, 15) is 20.0 Å². The molecule has 0 aromatic heterocycles. The van der Waals surface area contributed by atoms with Crippen LogP contribution < -0.4 is 29.6 Å². The van der Waals surface area contributed by atoms with Crippen molar-refractivity contribution in [1.29, 1.82) is 5.26 Å².